The summed E-state index contributed by atoms with van der Waals surface area (Å²) in [6, 6.07) is 14.1. The Morgan fingerprint density at radius 1 is 1.08 bits per heavy atom. The van der Waals surface area contributed by atoms with Gasteiger partial charge >= 0.3 is 5.56 Å². The molecule has 2 aromatic carbocycles. The minimum atomic E-state index is -3.63. The van der Waals surface area contributed by atoms with Crippen LogP contribution in [0.25, 0.3) is 16.7 Å². The molecule has 0 spiro atoms. The van der Waals surface area contributed by atoms with E-state index in [1.165, 1.54) is 8.99 Å². The molecule has 12 heteroatoms. The quantitative estimate of drug-likeness (QED) is 0.314. The first-order chi connectivity index (χ1) is 18.7. The van der Waals surface area contributed by atoms with Crippen molar-refractivity contribution < 1.29 is 17.7 Å². The van der Waals surface area contributed by atoms with E-state index in [1.807, 2.05) is 17.0 Å². The van der Waals surface area contributed by atoms with Gasteiger partial charge in [0.15, 0.2) is 5.58 Å². The SMILES string of the molecule is CC1(COc2c(N3CCN(S(=O)(=O)Cc4noc5ccccc45)CC3)cnn(-c3cccc(Cl)c3)c2=O)CC1. The highest BCUT2D eigenvalue weighted by atomic mass is 35.5. The predicted molar refractivity (Wildman–Crippen MR) is 148 cm³/mol. The largest absolute Gasteiger partial charge is 0.486 e. The summed E-state index contributed by atoms with van der Waals surface area (Å²) in [5.74, 6) is -0.0303. The minimum Gasteiger partial charge on any atom is -0.486 e. The molecule has 0 bridgehead atoms. The van der Waals surface area contributed by atoms with E-state index in [-0.39, 0.29) is 35.6 Å². The smallest absolute Gasteiger partial charge is 0.316 e. The van der Waals surface area contributed by atoms with Crippen LogP contribution in [0.5, 0.6) is 5.75 Å². The molecule has 2 aliphatic rings. The molecule has 204 valence electrons. The number of anilines is 1. The minimum absolute atomic E-state index is 0.0614. The first kappa shape index (κ1) is 25.8. The Kier molecular flexibility index (Phi) is 6.60. The Bertz CT molecular complexity index is 1690. The fraction of sp³-hybridized carbons (Fsp3) is 0.370. The van der Waals surface area contributed by atoms with Crippen LogP contribution in [0.1, 0.15) is 25.5 Å². The molecular formula is C27H28ClN5O5S. The number of nitrogens with zero attached hydrogens (tertiary/aromatic N) is 5. The van der Waals surface area contributed by atoms with Crippen LogP contribution in [0.4, 0.5) is 5.69 Å². The molecule has 0 atom stereocenters. The number of benzene rings is 2. The monoisotopic (exact) mass is 569 g/mol. The number of piperazine rings is 1. The van der Waals surface area contributed by atoms with Crippen molar-refractivity contribution in [1.82, 2.24) is 19.2 Å². The van der Waals surface area contributed by atoms with Crippen LogP contribution in [-0.2, 0) is 15.8 Å². The Morgan fingerprint density at radius 2 is 1.85 bits per heavy atom. The molecule has 0 radical (unpaired) electrons. The molecule has 0 unspecified atom stereocenters. The Labute approximate surface area is 230 Å². The highest BCUT2D eigenvalue weighted by Crippen LogP contribution is 2.45. The standard InChI is InChI=1S/C27H28ClN5O5S/c1-27(9-10-27)18-37-25-23(16-29-33(26(25)34)20-6-4-5-19(28)15-20)31-11-13-32(14-12-31)39(35,36)17-22-21-7-2-3-8-24(21)38-30-22/h2-8,15-16H,9-14,17-18H2,1H3. The van der Waals surface area contributed by atoms with Crippen molar-refractivity contribution >= 4 is 38.3 Å². The second-order valence-electron chi connectivity index (χ2n) is 10.4. The maximum Gasteiger partial charge on any atom is 0.316 e. The third-order valence-electron chi connectivity index (χ3n) is 7.38. The van der Waals surface area contributed by atoms with Crippen LogP contribution in [0, 0.1) is 5.41 Å². The van der Waals surface area contributed by atoms with Gasteiger partial charge in [-0.2, -0.15) is 14.1 Å². The molecule has 1 saturated carbocycles. The number of ether oxygens (including phenoxy) is 1. The molecule has 0 N–H and O–H groups in total. The zero-order valence-corrected chi connectivity index (χ0v) is 23.0. The molecule has 1 saturated heterocycles. The molecule has 2 fully saturated rings. The number of aromatic nitrogens is 3. The van der Waals surface area contributed by atoms with E-state index in [0.717, 1.165) is 12.8 Å². The topological polar surface area (TPSA) is 111 Å². The van der Waals surface area contributed by atoms with Crippen molar-refractivity contribution in [3.8, 4) is 11.4 Å². The molecule has 0 amide bonds. The van der Waals surface area contributed by atoms with Gasteiger partial charge in [-0.25, -0.2) is 8.42 Å². The third kappa shape index (κ3) is 5.26. The number of hydrogen-bond acceptors (Lipinski definition) is 8. The summed E-state index contributed by atoms with van der Waals surface area (Å²) in [6.45, 7) is 3.84. The van der Waals surface area contributed by atoms with E-state index in [9.17, 15) is 13.2 Å². The van der Waals surface area contributed by atoms with E-state index >= 15 is 0 Å². The number of halogens is 1. The van der Waals surface area contributed by atoms with Gasteiger partial charge in [-0.15, -0.1) is 0 Å². The lowest BCUT2D eigenvalue weighted by atomic mass is 10.2. The zero-order chi connectivity index (χ0) is 27.2. The second-order valence-corrected chi connectivity index (χ2v) is 12.8. The van der Waals surface area contributed by atoms with E-state index in [4.69, 9.17) is 20.9 Å². The lowest BCUT2D eigenvalue weighted by Gasteiger charge is -2.35. The first-order valence-electron chi connectivity index (χ1n) is 12.8. The summed E-state index contributed by atoms with van der Waals surface area (Å²) >= 11 is 6.15. The number of rotatable bonds is 8. The van der Waals surface area contributed by atoms with E-state index in [0.29, 0.717) is 52.8 Å². The van der Waals surface area contributed by atoms with Gasteiger partial charge in [0.05, 0.1) is 18.5 Å². The molecule has 2 aromatic heterocycles. The lowest BCUT2D eigenvalue weighted by Crippen LogP contribution is -2.49. The van der Waals surface area contributed by atoms with Crippen LogP contribution >= 0.6 is 11.6 Å². The Morgan fingerprint density at radius 3 is 2.59 bits per heavy atom. The Hall–Kier alpha value is -3.41. The highest BCUT2D eigenvalue weighted by Gasteiger charge is 2.39. The first-order valence-corrected chi connectivity index (χ1v) is 14.8. The predicted octanol–water partition coefficient (Wildman–Crippen LogP) is 3.86. The summed E-state index contributed by atoms with van der Waals surface area (Å²) in [7, 11) is -3.63. The summed E-state index contributed by atoms with van der Waals surface area (Å²) < 4.78 is 40.6. The zero-order valence-electron chi connectivity index (χ0n) is 21.4. The van der Waals surface area contributed by atoms with Gasteiger partial charge in [0, 0.05) is 42.0 Å². The molecular weight excluding hydrogens is 542 g/mol. The van der Waals surface area contributed by atoms with Crippen molar-refractivity contribution in [2.45, 2.75) is 25.5 Å². The van der Waals surface area contributed by atoms with Crippen LogP contribution < -0.4 is 15.2 Å². The van der Waals surface area contributed by atoms with Crippen molar-refractivity contribution in [2.24, 2.45) is 5.41 Å². The van der Waals surface area contributed by atoms with Crippen molar-refractivity contribution in [3.63, 3.8) is 0 Å². The second kappa shape index (κ2) is 9.96. The molecule has 6 rings (SSSR count). The summed E-state index contributed by atoms with van der Waals surface area (Å²) in [6.07, 6.45) is 3.71. The average molecular weight is 570 g/mol. The van der Waals surface area contributed by atoms with Crippen LogP contribution in [0.15, 0.2) is 64.0 Å². The van der Waals surface area contributed by atoms with E-state index in [2.05, 4.69) is 17.2 Å². The normalized spacial score (nSPS) is 17.4. The van der Waals surface area contributed by atoms with Gasteiger partial charge in [-0.05, 0) is 43.2 Å². The maximum absolute atomic E-state index is 13.6. The molecule has 1 aliphatic carbocycles. The van der Waals surface area contributed by atoms with Crippen molar-refractivity contribution in [2.75, 3.05) is 37.7 Å². The fourth-order valence-corrected chi connectivity index (χ4v) is 6.34. The summed E-state index contributed by atoms with van der Waals surface area (Å²) in [5.41, 5.74) is 1.73. The van der Waals surface area contributed by atoms with Crippen LogP contribution in [-0.4, -0.2) is 60.4 Å². The number of hydrogen-bond donors (Lipinski definition) is 0. The molecule has 3 heterocycles. The van der Waals surface area contributed by atoms with Gasteiger partial charge in [0.25, 0.3) is 0 Å². The molecule has 1 aliphatic heterocycles. The van der Waals surface area contributed by atoms with Gasteiger partial charge in [-0.1, -0.05) is 41.9 Å². The van der Waals surface area contributed by atoms with E-state index in [1.54, 1.807) is 42.6 Å². The van der Waals surface area contributed by atoms with Gasteiger partial charge in [0.1, 0.15) is 17.1 Å². The number of para-hydroxylation sites is 1. The van der Waals surface area contributed by atoms with Crippen molar-refractivity contribution in [3.05, 3.63) is 75.8 Å². The Balaban J connectivity index is 1.23. The van der Waals surface area contributed by atoms with Gasteiger partial charge in [-0.3, -0.25) is 4.79 Å². The molecule has 10 nitrogen and oxygen atoms in total. The van der Waals surface area contributed by atoms with Gasteiger partial charge in [0.2, 0.25) is 15.8 Å². The average Bonchev–Trinajstić information content (AvgIpc) is 3.54. The lowest BCUT2D eigenvalue weighted by molar-refractivity contribution is 0.242. The summed E-state index contributed by atoms with van der Waals surface area (Å²) in [4.78, 5) is 15.5. The van der Waals surface area contributed by atoms with Gasteiger partial charge < -0.3 is 14.2 Å². The summed E-state index contributed by atoms with van der Waals surface area (Å²) in [5, 5.41) is 9.57. The van der Waals surface area contributed by atoms with E-state index < -0.39 is 10.0 Å². The molecule has 39 heavy (non-hydrogen) atoms. The number of fused-ring (bicyclic) bond motifs is 1. The van der Waals surface area contributed by atoms with Crippen LogP contribution in [0.3, 0.4) is 0 Å². The van der Waals surface area contributed by atoms with Crippen molar-refractivity contribution in [1.29, 1.82) is 0 Å². The molecule has 4 aromatic rings. The van der Waals surface area contributed by atoms with Crippen LogP contribution in [0.2, 0.25) is 5.02 Å². The highest BCUT2D eigenvalue weighted by molar-refractivity contribution is 7.88. The fourth-order valence-electron chi connectivity index (χ4n) is 4.70. The maximum atomic E-state index is 13.6. The number of sulfonamides is 1. The third-order valence-corrected chi connectivity index (χ3v) is 9.41.